The van der Waals surface area contributed by atoms with Crippen molar-refractivity contribution in [3.05, 3.63) is 45.8 Å². The fraction of sp³-hybridized carbons (Fsp3) is 0.182. The predicted molar refractivity (Wildman–Crippen MR) is 66.7 cm³/mol. The number of fused-ring (bicyclic) bond motifs is 1. The summed E-state index contributed by atoms with van der Waals surface area (Å²) in [5.41, 5.74) is -2.67. The Kier molecular flexibility index (Phi) is 3.49. The van der Waals surface area contributed by atoms with E-state index < -0.39 is 26.7 Å². The molecule has 0 fully saturated rings. The molecule has 0 saturated heterocycles. The fourth-order valence-electron chi connectivity index (χ4n) is 1.58. The number of benzene rings is 1. The van der Waals surface area contributed by atoms with Crippen molar-refractivity contribution in [2.24, 2.45) is 0 Å². The van der Waals surface area contributed by atoms with E-state index in [9.17, 15) is 18.0 Å². The molecule has 102 valence electrons. The molecule has 0 aliphatic carbocycles. The van der Waals surface area contributed by atoms with Gasteiger partial charge in [-0.2, -0.15) is 13.2 Å². The van der Waals surface area contributed by atoms with Gasteiger partial charge in [-0.05, 0) is 18.2 Å². The molecule has 2 rings (SSSR count). The zero-order valence-electron chi connectivity index (χ0n) is 8.89. The zero-order chi connectivity index (χ0) is 14.4. The second-order valence-electron chi connectivity index (χ2n) is 3.69. The van der Waals surface area contributed by atoms with Gasteiger partial charge in [-0.25, -0.2) is 4.79 Å². The lowest BCUT2D eigenvalue weighted by Gasteiger charge is -2.18. The van der Waals surface area contributed by atoms with Crippen molar-refractivity contribution in [1.82, 2.24) is 0 Å². The number of alkyl halides is 6. The Morgan fingerprint density at radius 3 is 2.16 bits per heavy atom. The van der Waals surface area contributed by atoms with Gasteiger partial charge in [-0.15, -0.1) is 0 Å². The summed E-state index contributed by atoms with van der Waals surface area (Å²) in [6, 6.07) is 4.04. The highest BCUT2D eigenvalue weighted by Crippen LogP contribution is 2.46. The number of halogens is 6. The Balaban J connectivity index is 2.86. The molecule has 1 aromatic carbocycles. The van der Waals surface area contributed by atoms with Crippen LogP contribution >= 0.6 is 34.8 Å². The zero-order valence-corrected chi connectivity index (χ0v) is 11.2. The van der Waals surface area contributed by atoms with Gasteiger partial charge in [0.15, 0.2) is 0 Å². The highest BCUT2D eigenvalue weighted by atomic mass is 35.6. The smallest absolute Gasteiger partial charge is 0.416 e. The Morgan fingerprint density at radius 2 is 1.63 bits per heavy atom. The van der Waals surface area contributed by atoms with Gasteiger partial charge in [-0.3, -0.25) is 0 Å². The quantitative estimate of drug-likeness (QED) is 0.520. The van der Waals surface area contributed by atoms with Crippen LogP contribution < -0.4 is 5.63 Å². The molecule has 19 heavy (non-hydrogen) atoms. The minimum Gasteiger partial charge on any atom is -0.423 e. The first-order chi connectivity index (χ1) is 8.59. The average Bonchev–Trinajstić information content (AvgIpc) is 2.24. The minimum atomic E-state index is -4.73. The average molecular weight is 332 g/mol. The summed E-state index contributed by atoms with van der Waals surface area (Å²) in [5, 5.41) is 0.230. The Bertz CT molecular complexity index is 686. The molecule has 2 nitrogen and oxygen atoms in total. The summed E-state index contributed by atoms with van der Waals surface area (Å²) >= 11 is 16.6. The van der Waals surface area contributed by atoms with Crippen LogP contribution in [0, 0.1) is 0 Å². The number of hydrogen-bond acceptors (Lipinski definition) is 2. The maximum atomic E-state index is 12.9. The molecule has 8 heteroatoms. The summed E-state index contributed by atoms with van der Waals surface area (Å²) in [6.45, 7) is 0. The van der Waals surface area contributed by atoms with E-state index in [0.717, 1.165) is 12.1 Å². The Morgan fingerprint density at radius 1 is 1.00 bits per heavy atom. The van der Waals surface area contributed by atoms with E-state index in [4.69, 9.17) is 34.8 Å². The molecule has 0 unspecified atom stereocenters. The Labute approximate surface area is 119 Å². The maximum absolute atomic E-state index is 12.9. The minimum absolute atomic E-state index is 0.224. The summed E-state index contributed by atoms with van der Waals surface area (Å²) < 4.78 is 41.2. The number of rotatable bonds is 0. The predicted octanol–water partition coefficient (Wildman–Crippen LogP) is 4.64. The summed E-state index contributed by atoms with van der Waals surface area (Å²) in [4.78, 5) is 11.0. The molecular formula is C11H4Cl3F3O2. The third kappa shape index (κ3) is 2.99. The van der Waals surface area contributed by atoms with Crippen LogP contribution in [0.1, 0.15) is 11.1 Å². The highest BCUT2D eigenvalue weighted by Gasteiger charge is 2.39. The molecule has 0 aliphatic rings. The second kappa shape index (κ2) is 4.58. The van der Waals surface area contributed by atoms with Crippen LogP contribution in [0.25, 0.3) is 11.0 Å². The van der Waals surface area contributed by atoms with Crippen LogP contribution in [0.15, 0.2) is 33.5 Å². The van der Waals surface area contributed by atoms with Crippen LogP contribution in [0.2, 0.25) is 0 Å². The van der Waals surface area contributed by atoms with Crippen molar-refractivity contribution in [2.45, 2.75) is 9.97 Å². The van der Waals surface area contributed by atoms with Crippen molar-refractivity contribution >= 4 is 45.8 Å². The summed E-state index contributed by atoms with van der Waals surface area (Å²) in [7, 11) is 0. The molecule has 1 heterocycles. The normalized spacial score (nSPS) is 12.9. The van der Waals surface area contributed by atoms with Crippen molar-refractivity contribution in [1.29, 1.82) is 0 Å². The van der Waals surface area contributed by atoms with Gasteiger partial charge in [0, 0.05) is 17.0 Å². The van der Waals surface area contributed by atoms with Gasteiger partial charge < -0.3 is 4.42 Å². The maximum Gasteiger partial charge on any atom is 0.416 e. The lowest BCUT2D eigenvalue weighted by Crippen LogP contribution is -2.14. The highest BCUT2D eigenvalue weighted by molar-refractivity contribution is 6.66. The first kappa shape index (κ1) is 14.5. The van der Waals surface area contributed by atoms with E-state index in [1.807, 2.05) is 0 Å². The molecule has 0 spiro atoms. The molecule has 0 atom stereocenters. The van der Waals surface area contributed by atoms with Crippen LogP contribution in [0.4, 0.5) is 13.2 Å². The largest absolute Gasteiger partial charge is 0.423 e. The molecule has 1 aromatic heterocycles. The third-order valence-corrected chi connectivity index (χ3v) is 2.98. The van der Waals surface area contributed by atoms with Crippen LogP contribution in [0.3, 0.4) is 0 Å². The third-order valence-electron chi connectivity index (χ3n) is 2.37. The van der Waals surface area contributed by atoms with E-state index >= 15 is 0 Å². The van der Waals surface area contributed by atoms with Gasteiger partial charge in [0.1, 0.15) is 5.58 Å². The van der Waals surface area contributed by atoms with Crippen molar-refractivity contribution in [3.63, 3.8) is 0 Å². The fourth-order valence-corrected chi connectivity index (χ4v) is 2.05. The molecule has 2 aromatic rings. The van der Waals surface area contributed by atoms with E-state index in [1.165, 1.54) is 6.07 Å². The lowest BCUT2D eigenvalue weighted by molar-refractivity contribution is -0.138. The van der Waals surface area contributed by atoms with Gasteiger partial charge >= 0.3 is 11.8 Å². The molecule has 0 saturated carbocycles. The molecule has 0 N–H and O–H groups in total. The Hall–Kier alpha value is -0.910. The van der Waals surface area contributed by atoms with Gasteiger partial charge in [0.25, 0.3) is 0 Å². The molecule has 0 aliphatic heterocycles. The lowest BCUT2D eigenvalue weighted by atomic mass is 10.0. The standard InChI is InChI=1S/C11H4Cl3F3O2/c12-10(13,14)6-3-5-1-2-9(18)19-8(5)4-7(6)11(15,16)17/h1-4H. The van der Waals surface area contributed by atoms with Crippen molar-refractivity contribution in [3.8, 4) is 0 Å². The van der Waals surface area contributed by atoms with Crippen LogP contribution in [0.5, 0.6) is 0 Å². The molecule has 0 bridgehead atoms. The van der Waals surface area contributed by atoms with Gasteiger partial charge in [0.05, 0.1) is 5.56 Å². The summed E-state index contributed by atoms with van der Waals surface area (Å²) in [5.74, 6) is 0. The SMILES string of the molecule is O=c1ccc2cc(C(Cl)(Cl)Cl)c(C(F)(F)F)cc2o1. The second-order valence-corrected chi connectivity index (χ2v) is 5.97. The number of hydrogen-bond donors (Lipinski definition) is 0. The topological polar surface area (TPSA) is 30.2 Å². The molecular weight excluding hydrogens is 327 g/mol. The van der Waals surface area contributed by atoms with E-state index in [2.05, 4.69) is 4.42 Å². The van der Waals surface area contributed by atoms with Crippen LogP contribution in [-0.4, -0.2) is 0 Å². The van der Waals surface area contributed by atoms with E-state index in [-0.39, 0.29) is 11.0 Å². The first-order valence-electron chi connectivity index (χ1n) is 4.81. The van der Waals surface area contributed by atoms with Gasteiger partial charge in [-0.1, -0.05) is 34.8 Å². The molecule has 0 amide bonds. The first-order valence-corrected chi connectivity index (χ1v) is 5.95. The van der Waals surface area contributed by atoms with Gasteiger partial charge in [0.2, 0.25) is 3.79 Å². The van der Waals surface area contributed by atoms with Crippen molar-refractivity contribution < 1.29 is 17.6 Å². The van der Waals surface area contributed by atoms with E-state index in [0.29, 0.717) is 6.07 Å². The van der Waals surface area contributed by atoms with Crippen molar-refractivity contribution in [2.75, 3.05) is 0 Å². The molecule has 0 radical (unpaired) electrons. The summed E-state index contributed by atoms with van der Waals surface area (Å²) in [6.07, 6.45) is -4.73. The van der Waals surface area contributed by atoms with E-state index in [1.54, 1.807) is 0 Å². The monoisotopic (exact) mass is 330 g/mol. The van der Waals surface area contributed by atoms with Crippen LogP contribution in [-0.2, 0) is 9.97 Å².